The summed E-state index contributed by atoms with van der Waals surface area (Å²) in [7, 11) is 1.76. The van der Waals surface area contributed by atoms with Crippen molar-refractivity contribution >= 4 is 12.0 Å². The van der Waals surface area contributed by atoms with Crippen LogP contribution in [0.25, 0.3) is 0 Å². The van der Waals surface area contributed by atoms with E-state index in [0.717, 1.165) is 12.8 Å². The smallest absolute Gasteiger partial charge is 0.326 e. The molecule has 19 heavy (non-hydrogen) atoms. The molecule has 3 atom stereocenters. The van der Waals surface area contributed by atoms with Crippen LogP contribution < -0.4 is 0 Å². The van der Waals surface area contributed by atoms with Crippen molar-refractivity contribution in [1.82, 2.24) is 9.80 Å². The molecule has 1 saturated heterocycles. The molecule has 0 saturated carbocycles. The lowest BCUT2D eigenvalue weighted by Crippen LogP contribution is -2.57. The lowest BCUT2D eigenvalue weighted by atomic mass is 9.91. The Hall–Kier alpha value is -1.26. The van der Waals surface area contributed by atoms with Crippen LogP contribution in [0.5, 0.6) is 0 Å². The first-order valence-electron chi connectivity index (χ1n) is 7.03. The summed E-state index contributed by atoms with van der Waals surface area (Å²) in [4.78, 5) is 27.1. The zero-order valence-corrected chi connectivity index (χ0v) is 12.6. The van der Waals surface area contributed by atoms with E-state index >= 15 is 0 Å². The zero-order chi connectivity index (χ0) is 14.7. The summed E-state index contributed by atoms with van der Waals surface area (Å²) in [6.45, 7) is 8.55. The molecule has 0 radical (unpaired) electrons. The summed E-state index contributed by atoms with van der Waals surface area (Å²) in [5, 5.41) is 9.35. The molecular formula is C14H26N2O3. The van der Waals surface area contributed by atoms with Gasteiger partial charge in [-0.1, -0.05) is 20.8 Å². The number of carboxylic acids is 1. The van der Waals surface area contributed by atoms with E-state index in [1.807, 2.05) is 13.8 Å². The average molecular weight is 270 g/mol. The molecule has 1 aliphatic heterocycles. The SMILES string of the molecule is CC(C)C(C)N(C)C(=O)N1CCCC(C)C1C(=O)O. The van der Waals surface area contributed by atoms with Crippen molar-refractivity contribution in [2.24, 2.45) is 11.8 Å². The molecule has 1 aliphatic rings. The van der Waals surface area contributed by atoms with Crippen LogP contribution in [0, 0.1) is 11.8 Å². The van der Waals surface area contributed by atoms with Crippen LogP contribution >= 0.6 is 0 Å². The largest absolute Gasteiger partial charge is 0.480 e. The molecular weight excluding hydrogens is 244 g/mol. The summed E-state index contributed by atoms with van der Waals surface area (Å²) in [5.41, 5.74) is 0. The van der Waals surface area contributed by atoms with E-state index in [4.69, 9.17) is 0 Å². The highest BCUT2D eigenvalue weighted by Crippen LogP contribution is 2.25. The van der Waals surface area contributed by atoms with Crippen LogP contribution in [0.3, 0.4) is 0 Å². The number of hydrogen-bond donors (Lipinski definition) is 1. The Balaban J connectivity index is 2.86. The molecule has 3 unspecified atom stereocenters. The molecule has 0 aliphatic carbocycles. The third kappa shape index (κ3) is 3.39. The van der Waals surface area contributed by atoms with Gasteiger partial charge in [0, 0.05) is 19.6 Å². The molecule has 1 rings (SSSR count). The van der Waals surface area contributed by atoms with E-state index in [1.165, 1.54) is 4.90 Å². The molecule has 1 heterocycles. The van der Waals surface area contributed by atoms with Crippen LogP contribution in [0.4, 0.5) is 4.79 Å². The maximum Gasteiger partial charge on any atom is 0.326 e. The Morgan fingerprint density at radius 2 is 1.89 bits per heavy atom. The molecule has 0 aromatic carbocycles. The Labute approximate surface area is 115 Å². The van der Waals surface area contributed by atoms with Gasteiger partial charge in [0.1, 0.15) is 6.04 Å². The highest BCUT2D eigenvalue weighted by molar-refractivity contribution is 5.83. The van der Waals surface area contributed by atoms with E-state index in [0.29, 0.717) is 12.5 Å². The molecule has 2 amide bonds. The number of nitrogens with zero attached hydrogens (tertiary/aromatic N) is 2. The first-order valence-corrected chi connectivity index (χ1v) is 7.03. The van der Waals surface area contributed by atoms with Crippen molar-refractivity contribution in [1.29, 1.82) is 0 Å². The first-order chi connectivity index (χ1) is 8.77. The monoisotopic (exact) mass is 270 g/mol. The predicted molar refractivity (Wildman–Crippen MR) is 74.0 cm³/mol. The van der Waals surface area contributed by atoms with Crippen LogP contribution in [0.1, 0.15) is 40.5 Å². The number of urea groups is 1. The van der Waals surface area contributed by atoms with Crippen molar-refractivity contribution in [3.63, 3.8) is 0 Å². The fourth-order valence-electron chi connectivity index (χ4n) is 2.60. The third-order valence-corrected chi connectivity index (χ3v) is 4.31. The van der Waals surface area contributed by atoms with Crippen LogP contribution in [0.2, 0.25) is 0 Å². The van der Waals surface area contributed by atoms with Crippen LogP contribution in [-0.2, 0) is 4.79 Å². The van der Waals surface area contributed by atoms with Gasteiger partial charge in [0.15, 0.2) is 0 Å². The van der Waals surface area contributed by atoms with Crippen molar-refractivity contribution < 1.29 is 14.7 Å². The Morgan fingerprint density at radius 3 is 2.37 bits per heavy atom. The molecule has 1 N–H and O–H groups in total. The van der Waals surface area contributed by atoms with Gasteiger partial charge in [0.25, 0.3) is 0 Å². The van der Waals surface area contributed by atoms with Gasteiger partial charge in [0.05, 0.1) is 0 Å². The van der Waals surface area contributed by atoms with Crippen molar-refractivity contribution in [2.45, 2.75) is 52.6 Å². The number of likely N-dealkylation sites (tertiary alicyclic amines) is 1. The van der Waals surface area contributed by atoms with Crippen LogP contribution in [-0.4, -0.2) is 52.6 Å². The second kappa shape index (κ2) is 6.26. The van der Waals surface area contributed by atoms with Crippen molar-refractivity contribution in [2.75, 3.05) is 13.6 Å². The predicted octanol–water partition coefficient (Wildman–Crippen LogP) is 2.27. The van der Waals surface area contributed by atoms with E-state index < -0.39 is 12.0 Å². The Bertz CT molecular complexity index is 344. The number of carboxylic acid groups (broad SMARTS) is 1. The molecule has 0 aromatic heterocycles. The van der Waals surface area contributed by atoms with Gasteiger partial charge in [-0.3, -0.25) is 0 Å². The lowest BCUT2D eigenvalue weighted by Gasteiger charge is -2.41. The number of piperidine rings is 1. The molecule has 1 fully saturated rings. The summed E-state index contributed by atoms with van der Waals surface area (Å²) < 4.78 is 0. The maximum absolute atomic E-state index is 12.5. The number of amides is 2. The number of hydrogen-bond acceptors (Lipinski definition) is 2. The molecule has 5 nitrogen and oxygen atoms in total. The molecule has 5 heteroatoms. The van der Waals surface area contributed by atoms with Gasteiger partial charge in [-0.25, -0.2) is 9.59 Å². The second-order valence-corrected chi connectivity index (χ2v) is 5.97. The molecule has 110 valence electrons. The van der Waals surface area contributed by atoms with Crippen LogP contribution in [0.15, 0.2) is 0 Å². The van der Waals surface area contributed by atoms with Crippen molar-refractivity contribution in [3.8, 4) is 0 Å². The number of carbonyl (C=O) groups excluding carboxylic acids is 1. The van der Waals surface area contributed by atoms with Gasteiger partial charge in [-0.15, -0.1) is 0 Å². The first kappa shape index (κ1) is 15.8. The minimum atomic E-state index is -0.897. The quantitative estimate of drug-likeness (QED) is 0.855. The maximum atomic E-state index is 12.5. The summed E-state index contributed by atoms with van der Waals surface area (Å²) >= 11 is 0. The standard InChI is InChI=1S/C14H26N2O3/c1-9(2)11(4)15(5)14(19)16-8-6-7-10(3)12(16)13(17)18/h9-12H,6-8H2,1-5H3,(H,17,18). The minimum Gasteiger partial charge on any atom is -0.480 e. The lowest BCUT2D eigenvalue weighted by molar-refractivity contribution is -0.145. The molecule has 0 aromatic rings. The highest BCUT2D eigenvalue weighted by atomic mass is 16.4. The highest BCUT2D eigenvalue weighted by Gasteiger charge is 2.38. The fraction of sp³-hybridized carbons (Fsp3) is 0.857. The minimum absolute atomic E-state index is 0.0120. The van der Waals surface area contributed by atoms with Gasteiger partial charge in [-0.2, -0.15) is 0 Å². The van der Waals surface area contributed by atoms with Gasteiger partial charge in [-0.05, 0) is 31.6 Å². The molecule has 0 bridgehead atoms. The third-order valence-electron chi connectivity index (χ3n) is 4.31. The van der Waals surface area contributed by atoms with Gasteiger partial charge in [0.2, 0.25) is 0 Å². The van der Waals surface area contributed by atoms with Gasteiger partial charge < -0.3 is 14.9 Å². The number of aliphatic carboxylic acids is 1. The molecule has 0 spiro atoms. The van der Waals surface area contributed by atoms with Crippen molar-refractivity contribution in [3.05, 3.63) is 0 Å². The number of rotatable bonds is 3. The Morgan fingerprint density at radius 1 is 1.32 bits per heavy atom. The van der Waals surface area contributed by atoms with E-state index in [9.17, 15) is 14.7 Å². The topological polar surface area (TPSA) is 60.9 Å². The van der Waals surface area contributed by atoms with E-state index in [2.05, 4.69) is 13.8 Å². The number of carbonyl (C=O) groups is 2. The summed E-state index contributed by atoms with van der Waals surface area (Å²) in [5.74, 6) is -0.538. The zero-order valence-electron chi connectivity index (χ0n) is 12.6. The van der Waals surface area contributed by atoms with E-state index in [-0.39, 0.29) is 18.0 Å². The normalized spacial score (nSPS) is 25.3. The Kier molecular flexibility index (Phi) is 5.20. The fourth-order valence-corrected chi connectivity index (χ4v) is 2.60. The second-order valence-electron chi connectivity index (χ2n) is 5.97. The van der Waals surface area contributed by atoms with Gasteiger partial charge >= 0.3 is 12.0 Å². The average Bonchev–Trinajstić information content (AvgIpc) is 2.35. The summed E-state index contributed by atoms with van der Waals surface area (Å²) in [6, 6.07) is -0.762. The van der Waals surface area contributed by atoms with E-state index in [1.54, 1.807) is 11.9 Å². The summed E-state index contributed by atoms with van der Waals surface area (Å²) in [6.07, 6.45) is 1.74.